The standard InChI is InChI=1S/C23H14ClF3N6O/c24-16-2-1-3-17(11-16)33-20(6-8-28-33)22-21(34)7-9-31(30-22)19-5-4-14(10-18(19)25)15-12-29-32(13-15)23(26)27/h1-13,23H. The Morgan fingerprint density at radius 2 is 1.82 bits per heavy atom. The molecule has 3 aromatic heterocycles. The topological polar surface area (TPSA) is 70.5 Å². The lowest BCUT2D eigenvalue weighted by molar-refractivity contribution is 0.0566. The molecule has 0 fully saturated rings. The number of hydrogen-bond donors (Lipinski definition) is 0. The third-order valence-corrected chi connectivity index (χ3v) is 5.31. The largest absolute Gasteiger partial charge is 0.333 e. The van der Waals surface area contributed by atoms with E-state index in [-0.39, 0.29) is 16.8 Å². The third-order valence-electron chi connectivity index (χ3n) is 5.08. The molecule has 2 aromatic carbocycles. The monoisotopic (exact) mass is 482 g/mol. The van der Waals surface area contributed by atoms with Crippen LogP contribution in [0.1, 0.15) is 6.55 Å². The molecule has 5 rings (SSSR count). The molecule has 0 aliphatic carbocycles. The van der Waals surface area contributed by atoms with Gasteiger partial charge >= 0.3 is 6.55 Å². The summed E-state index contributed by atoms with van der Waals surface area (Å²) in [5.41, 5.74) is 1.48. The van der Waals surface area contributed by atoms with Crippen LogP contribution >= 0.6 is 11.6 Å². The van der Waals surface area contributed by atoms with E-state index in [4.69, 9.17) is 11.6 Å². The molecular formula is C23H14ClF3N6O. The van der Waals surface area contributed by atoms with Gasteiger partial charge in [0.1, 0.15) is 11.5 Å². The van der Waals surface area contributed by atoms with Gasteiger partial charge in [0.2, 0.25) is 5.43 Å². The van der Waals surface area contributed by atoms with Crippen LogP contribution in [-0.2, 0) is 0 Å². The SMILES string of the molecule is O=c1ccn(-c2ccc(-c3cnn(C(F)F)c3)cc2F)nc1-c1ccnn1-c1cccc(Cl)c1. The van der Waals surface area contributed by atoms with E-state index in [0.717, 1.165) is 6.20 Å². The van der Waals surface area contributed by atoms with Crippen LogP contribution in [0.3, 0.4) is 0 Å². The number of rotatable bonds is 5. The predicted molar refractivity (Wildman–Crippen MR) is 120 cm³/mol. The fourth-order valence-corrected chi connectivity index (χ4v) is 3.67. The third kappa shape index (κ3) is 3.99. The zero-order chi connectivity index (χ0) is 23.8. The zero-order valence-corrected chi connectivity index (χ0v) is 17.9. The predicted octanol–water partition coefficient (Wildman–Crippen LogP) is 5.14. The van der Waals surface area contributed by atoms with Gasteiger partial charge in [-0.1, -0.05) is 23.7 Å². The molecule has 0 atom stereocenters. The van der Waals surface area contributed by atoms with E-state index in [1.54, 1.807) is 36.4 Å². The Morgan fingerprint density at radius 3 is 2.56 bits per heavy atom. The minimum Gasteiger partial charge on any atom is -0.287 e. The molecule has 34 heavy (non-hydrogen) atoms. The molecule has 3 heterocycles. The lowest BCUT2D eigenvalue weighted by Gasteiger charge is -2.11. The lowest BCUT2D eigenvalue weighted by Crippen LogP contribution is -2.15. The van der Waals surface area contributed by atoms with E-state index < -0.39 is 12.4 Å². The molecule has 0 spiro atoms. The van der Waals surface area contributed by atoms with Gasteiger partial charge < -0.3 is 0 Å². The summed E-state index contributed by atoms with van der Waals surface area (Å²) in [5, 5.41) is 12.7. The summed E-state index contributed by atoms with van der Waals surface area (Å²) in [4.78, 5) is 12.6. The number of aromatic nitrogens is 6. The van der Waals surface area contributed by atoms with Crippen molar-refractivity contribution in [3.05, 3.63) is 100 Å². The van der Waals surface area contributed by atoms with Gasteiger partial charge in [-0.15, -0.1) is 0 Å². The summed E-state index contributed by atoms with van der Waals surface area (Å²) in [6, 6.07) is 14.0. The van der Waals surface area contributed by atoms with E-state index in [0.29, 0.717) is 32.2 Å². The number of benzene rings is 2. The van der Waals surface area contributed by atoms with Gasteiger partial charge in [0.15, 0.2) is 5.69 Å². The molecule has 0 amide bonds. The Labute approximate surface area is 195 Å². The number of nitrogens with zero attached hydrogens (tertiary/aromatic N) is 6. The Balaban J connectivity index is 1.54. The van der Waals surface area contributed by atoms with Crippen LogP contribution in [0.15, 0.2) is 84.2 Å². The molecule has 7 nitrogen and oxygen atoms in total. The first-order valence-corrected chi connectivity index (χ1v) is 10.3. The van der Waals surface area contributed by atoms with Crippen molar-refractivity contribution in [2.75, 3.05) is 0 Å². The quantitative estimate of drug-likeness (QED) is 0.348. The highest BCUT2D eigenvalue weighted by Crippen LogP contribution is 2.25. The Kier molecular flexibility index (Phi) is 5.50. The summed E-state index contributed by atoms with van der Waals surface area (Å²) >= 11 is 6.08. The van der Waals surface area contributed by atoms with E-state index in [1.165, 1.54) is 46.2 Å². The van der Waals surface area contributed by atoms with Gasteiger partial charge in [-0.2, -0.15) is 24.1 Å². The first kappa shape index (κ1) is 21.7. The lowest BCUT2D eigenvalue weighted by atomic mass is 10.1. The van der Waals surface area contributed by atoms with E-state index in [2.05, 4.69) is 15.3 Å². The van der Waals surface area contributed by atoms with Crippen molar-refractivity contribution in [1.82, 2.24) is 29.3 Å². The van der Waals surface area contributed by atoms with E-state index >= 15 is 4.39 Å². The zero-order valence-electron chi connectivity index (χ0n) is 17.2. The van der Waals surface area contributed by atoms with Crippen LogP contribution in [0.4, 0.5) is 13.2 Å². The molecule has 0 aliphatic rings. The maximum Gasteiger partial charge on any atom is 0.333 e. The van der Waals surface area contributed by atoms with E-state index in [9.17, 15) is 13.6 Å². The van der Waals surface area contributed by atoms with Gasteiger partial charge in [-0.25, -0.2) is 18.4 Å². The number of halogens is 4. The highest BCUT2D eigenvalue weighted by Gasteiger charge is 2.16. The summed E-state index contributed by atoms with van der Waals surface area (Å²) < 4.78 is 43.8. The smallest absolute Gasteiger partial charge is 0.287 e. The molecule has 170 valence electrons. The van der Waals surface area contributed by atoms with Gasteiger partial charge in [0.25, 0.3) is 0 Å². The second-order valence-corrected chi connectivity index (χ2v) is 7.67. The molecule has 0 bridgehead atoms. The summed E-state index contributed by atoms with van der Waals surface area (Å²) in [5.74, 6) is -0.659. The molecule has 5 aromatic rings. The summed E-state index contributed by atoms with van der Waals surface area (Å²) in [6.07, 6.45) is 5.22. The molecule has 0 saturated heterocycles. The Bertz CT molecular complexity index is 1560. The average Bonchev–Trinajstić information content (AvgIpc) is 3.50. The average molecular weight is 483 g/mol. The minimum atomic E-state index is -2.79. The molecular weight excluding hydrogens is 469 g/mol. The van der Waals surface area contributed by atoms with Crippen LogP contribution in [0.2, 0.25) is 5.02 Å². The van der Waals surface area contributed by atoms with Crippen molar-refractivity contribution < 1.29 is 13.2 Å². The van der Waals surface area contributed by atoms with Gasteiger partial charge in [0.05, 0.1) is 23.8 Å². The summed E-state index contributed by atoms with van der Waals surface area (Å²) in [6.45, 7) is -2.79. The normalized spacial score (nSPS) is 11.3. The molecule has 0 N–H and O–H groups in total. The van der Waals surface area contributed by atoms with Crippen molar-refractivity contribution in [3.8, 4) is 33.9 Å². The van der Waals surface area contributed by atoms with Crippen molar-refractivity contribution in [3.63, 3.8) is 0 Å². The van der Waals surface area contributed by atoms with Crippen LogP contribution in [0, 0.1) is 5.82 Å². The van der Waals surface area contributed by atoms with Gasteiger partial charge in [-0.3, -0.25) is 4.79 Å². The first-order valence-electron chi connectivity index (χ1n) is 9.93. The Hall–Kier alpha value is -4.18. The van der Waals surface area contributed by atoms with Crippen LogP contribution in [0.5, 0.6) is 0 Å². The highest BCUT2D eigenvalue weighted by molar-refractivity contribution is 6.30. The fourth-order valence-electron chi connectivity index (χ4n) is 3.48. The molecule has 0 unspecified atom stereocenters. The second kappa shape index (κ2) is 8.64. The fraction of sp³-hybridized carbons (Fsp3) is 0.0435. The maximum atomic E-state index is 15.0. The van der Waals surface area contributed by atoms with Crippen LogP contribution in [-0.4, -0.2) is 29.3 Å². The van der Waals surface area contributed by atoms with E-state index in [1.807, 2.05) is 0 Å². The molecule has 0 radical (unpaired) electrons. The van der Waals surface area contributed by atoms with Crippen molar-refractivity contribution in [2.45, 2.75) is 6.55 Å². The van der Waals surface area contributed by atoms with Crippen LogP contribution < -0.4 is 5.43 Å². The highest BCUT2D eigenvalue weighted by atomic mass is 35.5. The second-order valence-electron chi connectivity index (χ2n) is 7.23. The number of hydrogen-bond acceptors (Lipinski definition) is 4. The molecule has 0 aliphatic heterocycles. The van der Waals surface area contributed by atoms with Gasteiger partial charge in [-0.05, 0) is 42.0 Å². The van der Waals surface area contributed by atoms with Crippen molar-refractivity contribution >= 4 is 11.6 Å². The Morgan fingerprint density at radius 1 is 0.971 bits per heavy atom. The first-order chi connectivity index (χ1) is 16.4. The minimum absolute atomic E-state index is 0.0571. The van der Waals surface area contributed by atoms with Crippen molar-refractivity contribution in [2.24, 2.45) is 0 Å². The molecule has 11 heteroatoms. The number of alkyl halides is 2. The molecule has 0 saturated carbocycles. The summed E-state index contributed by atoms with van der Waals surface area (Å²) in [7, 11) is 0. The maximum absolute atomic E-state index is 15.0. The van der Waals surface area contributed by atoms with Crippen molar-refractivity contribution in [1.29, 1.82) is 0 Å². The van der Waals surface area contributed by atoms with Crippen LogP contribution in [0.25, 0.3) is 33.9 Å². The van der Waals surface area contributed by atoms with Gasteiger partial charge in [0, 0.05) is 29.0 Å².